The maximum absolute atomic E-state index is 11.2. The minimum Gasteiger partial charge on any atom is -0.395 e. The van der Waals surface area contributed by atoms with Crippen molar-refractivity contribution in [1.82, 2.24) is 0 Å². The summed E-state index contributed by atoms with van der Waals surface area (Å²) in [6.45, 7) is 1.15. The Labute approximate surface area is 138 Å². The molecular weight excluding hydrogens is 312 g/mol. The zero-order valence-electron chi connectivity index (χ0n) is 13.2. The molecule has 0 bridgehead atoms. The van der Waals surface area contributed by atoms with Crippen molar-refractivity contribution >= 4 is 23.0 Å². The van der Waals surface area contributed by atoms with Crippen molar-refractivity contribution in [1.29, 1.82) is 0 Å². The van der Waals surface area contributed by atoms with Gasteiger partial charge in [-0.15, -0.1) is 0 Å². The standard InChI is InChI=1S/C18H19O4S/c1-14(19)21-18(20)22-17-10-8-16(9-11-17)13-23(2)12-15-6-4-3-5-7-15/h3-11H,12-13H2,1-2H3/q+1. The topological polar surface area (TPSA) is 52.6 Å². The minimum atomic E-state index is -1.01. The molecular formula is C18H19O4S+. The molecule has 0 aliphatic carbocycles. The van der Waals surface area contributed by atoms with Gasteiger partial charge >= 0.3 is 12.1 Å². The lowest BCUT2D eigenvalue weighted by Gasteiger charge is -2.06. The predicted octanol–water partition coefficient (Wildman–Crippen LogP) is 3.70. The third-order valence-corrected chi connectivity index (χ3v) is 4.67. The van der Waals surface area contributed by atoms with Crippen LogP contribution in [0.15, 0.2) is 54.6 Å². The highest BCUT2D eigenvalue weighted by Crippen LogP contribution is 2.17. The summed E-state index contributed by atoms with van der Waals surface area (Å²) in [5.41, 5.74) is 2.52. The van der Waals surface area contributed by atoms with E-state index in [0.29, 0.717) is 5.75 Å². The molecule has 1 atom stereocenters. The zero-order valence-corrected chi connectivity index (χ0v) is 14.0. The highest BCUT2D eigenvalue weighted by atomic mass is 32.2. The molecule has 0 heterocycles. The van der Waals surface area contributed by atoms with Crippen molar-refractivity contribution in [2.24, 2.45) is 0 Å². The molecule has 0 N–H and O–H groups in total. The van der Waals surface area contributed by atoms with E-state index < -0.39 is 12.1 Å². The van der Waals surface area contributed by atoms with E-state index in [2.05, 4.69) is 35.3 Å². The lowest BCUT2D eigenvalue weighted by Crippen LogP contribution is -2.13. The van der Waals surface area contributed by atoms with E-state index in [1.165, 1.54) is 11.1 Å². The molecule has 2 aromatic carbocycles. The molecule has 0 saturated carbocycles. The number of carbonyl (C=O) groups excluding carboxylic acids is 2. The van der Waals surface area contributed by atoms with Crippen LogP contribution in [0.3, 0.4) is 0 Å². The summed E-state index contributed by atoms with van der Waals surface area (Å²) in [4.78, 5) is 21.9. The summed E-state index contributed by atoms with van der Waals surface area (Å²) in [5, 5.41) is 0. The van der Waals surface area contributed by atoms with Crippen LogP contribution in [-0.4, -0.2) is 18.4 Å². The molecule has 4 nitrogen and oxygen atoms in total. The van der Waals surface area contributed by atoms with Gasteiger partial charge in [0.1, 0.15) is 17.3 Å². The Morgan fingerprint density at radius 1 is 0.913 bits per heavy atom. The van der Waals surface area contributed by atoms with Gasteiger partial charge in [0, 0.05) is 18.1 Å². The van der Waals surface area contributed by atoms with Gasteiger partial charge in [-0.25, -0.2) is 4.79 Å². The second kappa shape index (κ2) is 8.39. The Kier molecular flexibility index (Phi) is 6.23. The van der Waals surface area contributed by atoms with E-state index in [4.69, 9.17) is 4.74 Å². The maximum atomic E-state index is 11.2. The van der Waals surface area contributed by atoms with Gasteiger partial charge in [0.05, 0.1) is 6.26 Å². The zero-order chi connectivity index (χ0) is 16.7. The van der Waals surface area contributed by atoms with Crippen LogP contribution in [-0.2, 0) is 31.9 Å². The highest BCUT2D eigenvalue weighted by molar-refractivity contribution is 7.94. The number of rotatable bonds is 5. The van der Waals surface area contributed by atoms with Crippen molar-refractivity contribution in [2.45, 2.75) is 18.4 Å². The van der Waals surface area contributed by atoms with Gasteiger partial charge in [-0.2, -0.15) is 0 Å². The van der Waals surface area contributed by atoms with Crippen LogP contribution < -0.4 is 4.74 Å². The molecule has 0 saturated heterocycles. The third-order valence-electron chi connectivity index (χ3n) is 3.02. The first-order valence-corrected chi connectivity index (χ1v) is 9.12. The third kappa shape index (κ3) is 6.16. The van der Waals surface area contributed by atoms with Gasteiger partial charge in [-0.3, -0.25) is 4.79 Å². The maximum Gasteiger partial charge on any atom is 0.521 e. The minimum absolute atomic E-state index is 0.226. The van der Waals surface area contributed by atoms with Gasteiger partial charge in [0.2, 0.25) is 0 Å². The molecule has 0 radical (unpaired) electrons. The van der Waals surface area contributed by atoms with E-state index in [-0.39, 0.29) is 10.9 Å². The second-order valence-electron chi connectivity index (χ2n) is 5.15. The van der Waals surface area contributed by atoms with E-state index in [1.807, 2.05) is 18.2 Å². The Morgan fingerprint density at radius 3 is 2.04 bits per heavy atom. The summed E-state index contributed by atoms with van der Waals surface area (Å²) < 4.78 is 9.22. The molecule has 0 spiro atoms. The van der Waals surface area contributed by atoms with Crippen molar-refractivity contribution < 1.29 is 19.1 Å². The smallest absolute Gasteiger partial charge is 0.395 e. The number of esters is 1. The number of benzene rings is 2. The van der Waals surface area contributed by atoms with Gasteiger partial charge < -0.3 is 9.47 Å². The van der Waals surface area contributed by atoms with E-state index in [1.54, 1.807) is 12.1 Å². The molecule has 2 rings (SSSR count). The van der Waals surface area contributed by atoms with Gasteiger partial charge in [-0.05, 0) is 23.0 Å². The molecule has 120 valence electrons. The fourth-order valence-electron chi connectivity index (χ4n) is 2.08. The molecule has 1 unspecified atom stereocenters. The summed E-state index contributed by atoms with van der Waals surface area (Å²) >= 11 is 0. The largest absolute Gasteiger partial charge is 0.521 e. The first-order chi connectivity index (χ1) is 11.0. The van der Waals surface area contributed by atoms with Gasteiger partial charge in [0.25, 0.3) is 0 Å². The van der Waals surface area contributed by atoms with Crippen LogP contribution in [0, 0.1) is 0 Å². The average Bonchev–Trinajstić information content (AvgIpc) is 2.49. The van der Waals surface area contributed by atoms with Crippen molar-refractivity contribution in [3.8, 4) is 5.75 Å². The van der Waals surface area contributed by atoms with E-state index in [9.17, 15) is 9.59 Å². The Hall–Kier alpha value is -2.27. The molecule has 0 aromatic heterocycles. The van der Waals surface area contributed by atoms with E-state index >= 15 is 0 Å². The van der Waals surface area contributed by atoms with Gasteiger partial charge in [0.15, 0.2) is 0 Å². The lowest BCUT2D eigenvalue weighted by atomic mass is 10.2. The number of hydrogen-bond donors (Lipinski definition) is 0. The molecule has 5 heteroatoms. The molecule has 0 aliphatic heterocycles. The second-order valence-corrected chi connectivity index (χ2v) is 7.29. The van der Waals surface area contributed by atoms with Crippen molar-refractivity contribution in [3.05, 3.63) is 65.7 Å². The summed E-state index contributed by atoms with van der Waals surface area (Å²) in [6, 6.07) is 17.7. The van der Waals surface area contributed by atoms with Crippen LogP contribution >= 0.6 is 0 Å². The fraction of sp³-hybridized carbons (Fsp3) is 0.222. The molecule has 0 aliphatic rings. The molecule has 0 fully saturated rings. The Bertz CT molecular complexity index is 652. The van der Waals surface area contributed by atoms with Crippen LogP contribution in [0.25, 0.3) is 0 Å². The first-order valence-electron chi connectivity index (χ1n) is 7.15. The number of carbonyl (C=O) groups is 2. The van der Waals surface area contributed by atoms with Crippen LogP contribution in [0.4, 0.5) is 4.79 Å². The highest BCUT2D eigenvalue weighted by Gasteiger charge is 2.14. The van der Waals surface area contributed by atoms with Crippen molar-refractivity contribution in [2.75, 3.05) is 6.26 Å². The molecule has 0 amide bonds. The first kappa shape index (κ1) is 17.1. The average molecular weight is 331 g/mol. The van der Waals surface area contributed by atoms with Crippen LogP contribution in [0.5, 0.6) is 5.75 Å². The van der Waals surface area contributed by atoms with Crippen LogP contribution in [0.1, 0.15) is 18.1 Å². The monoisotopic (exact) mass is 331 g/mol. The predicted molar refractivity (Wildman–Crippen MR) is 91.4 cm³/mol. The summed E-state index contributed by atoms with van der Waals surface area (Å²) in [6.07, 6.45) is 1.23. The van der Waals surface area contributed by atoms with E-state index in [0.717, 1.165) is 18.4 Å². The van der Waals surface area contributed by atoms with Crippen molar-refractivity contribution in [3.63, 3.8) is 0 Å². The summed E-state index contributed by atoms with van der Waals surface area (Å²) in [5.74, 6) is 1.68. The van der Waals surface area contributed by atoms with Crippen LogP contribution in [0.2, 0.25) is 0 Å². The lowest BCUT2D eigenvalue weighted by molar-refractivity contribution is -0.136. The Balaban J connectivity index is 1.87. The number of hydrogen-bond acceptors (Lipinski definition) is 4. The summed E-state index contributed by atoms with van der Waals surface area (Å²) in [7, 11) is 0.226. The fourth-order valence-corrected chi connectivity index (χ4v) is 3.71. The SMILES string of the molecule is CC(=O)OC(=O)Oc1ccc(C[S+](C)Cc2ccccc2)cc1. The number of ether oxygens (including phenoxy) is 2. The van der Waals surface area contributed by atoms with Gasteiger partial charge in [-0.1, -0.05) is 42.5 Å². The normalized spacial score (nSPS) is 11.6. The molecule has 2 aromatic rings. The Morgan fingerprint density at radius 2 is 1.48 bits per heavy atom. The quantitative estimate of drug-likeness (QED) is 0.363. The molecule has 23 heavy (non-hydrogen) atoms.